The fourth-order valence-electron chi connectivity index (χ4n) is 2.53. The minimum atomic E-state index is -0.888. The molecule has 2 N–H and O–H groups in total. The second kappa shape index (κ2) is 8.17. The summed E-state index contributed by atoms with van der Waals surface area (Å²) in [5.74, 6) is 1.27. The third kappa shape index (κ3) is 5.33. The Kier molecular flexibility index (Phi) is 6.24. The summed E-state index contributed by atoms with van der Waals surface area (Å²) in [6.45, 7) is 4.85. The van der Waals surface area contributed by atoms with Crippen molar-refractivity contribution < 1.29 is 9.00 Å². The highest BCUT2D eigenvalue weighted by Crippen LogP contribution is 2.25. The zero-order chi connectivity index (χ0) is 15.9. The highest BCUT2D eigenvalue weighted by molar-refractivity contribution is 7.84. The van der Waals surface area contributed by atoms with Crippen molar-refractivity contribution in [2.45, 2.75) is 19.8 Å². The van der Waals surface area contributed by atoms with E-state index in [1.807, 2.05) is 18.2 Å². The summed E-state index contributed by atoms with van der Waals surface area (Å²) in [6.07, 6.45) is 4.06. The van der Waals surface area contributed by atoms with Crippen molar-refractivity contribution >= 4 is 28.2 Å². The lowest BCUT2D eigenvalue weighted by Gasteiger charge is -2.32. The molecule has 0 unspecified atom stereocenters. The van der Waals surface area contributed by atoms with Crippen molar-refractivity contribution in [3.05, 3.63) is 24.3 Å². The quantitative estimate of drug-likeness (QED) is 0.875. The smallest absolute Gasteiger partial charge is 0.319 e. The van der Waals surface area contributed by atoms with Gasteiger partial charge < -0.3 is 15.5 Å². The van der Waals surface area contributed by atoms with E-state index in [0.717, 1.165) is 30.4 Å². The molecule has 1 aromatic rings. The lowest BCUT2D eigenvalue weighted by Crippen LogP contribution is -2.33. The highest BCUT2D eigenvalue weighted by Gasteiger charge is 2.16. The first kappa shape index (κ1) is 16.8. The Morgan fingerprint density at radius 2 is 2.09 bits per heavy atom. The van der Waals surface area contributed by atoms with E-state index in [1.165, 1.54) is 12.8 Å². The van der Waals surface area contributed by atoms with Gasteiger partial charge in [0.15, 0.2) is 0 Å². The van der Waals surface area contributed by atoms with Crippen molar-refractivity contribution in [1.82, 2.24) is 5.32 Å². The lowest BCUT2D eigenvalue weighted by molar-refractivity contribution is 0.252. The maximum Gasteiger partial charge on any atom is 0.319 e. The number of nitrogens with zero attached hydrogens (tertiary/aromatic N) is 1. The second-order valence-corrected chi connectivity index (χ2v) is 7.43. The molecule has 1 aromatic carbocycles. The molecular formula is C16H25N3O2S. The molecule has 22 heavy (non-hydrogen) atoms. The van der Waals surface area contributed by atoms with Crippen LogP contribution in [-0.2, 0) is 10.8 Å². The summed E-state index contributed by atoms with van der Waals surface area (Å²) < 4.78 is 11.0. The molecule has 1 atom stereocenters. The van der Waals surface area contributed by atoms with Gasteiger partial charge in [-0.15, -0.1) is 0 Å². The molecule has 0 radical (unpaired) electrons. The van der Waals surface area contributed by atoms with E-state index < -0.39 is 10.8 Å². The molecule has 2 amide bonds. The molecular weight excluding hydrogens is 298 g/mol. The molecule has 1 aliphatic rings. The number of amides is 2. The fraction of sp³-hybridized carbons (Fsp3) is 0.562. The van der Waals surface area contributed by atoms with Crippen LogP contribution in [0.25, 0.3) is 0 Å². The van der Waals surface area contributed by atoms with E-state index in [-0.39, 0.29) is 6.03 Å². The molecule has 5 nitrogen and oxygen atoms in total. The number of hydrogen-bond donors (Lipinski definition) is 2. The number of urea groups is 1. The number of benzene rings is 1. The van der Waals surface area contributed by atoms with Gasteiger partial charge in [-0.05, 0) is 37.0 Å². The van der Waals surface area contributed by atoms with Crippen LogP contribution in [0.1, 0.15) is 19.8 Å². The van der Waals surface area contributed by atoms with Gasteiger partial charge in [0.1, 0.15) is 0 Å². The average Bonchev–Trinajstić information content (AvgIpc) is 2.48. The molecule has 122 valence electrons. The zero-order valence-corrected chi connectivity index (χ0v) is 14.1. The lowest BCUT2D eigenvalue weighted by atomic mass is 9.99. The Morgan fingerprint density at radius 1 is 1.36 bits per heavy atom. The molecule has 0 saturated carbocycles. The molecule has 1 aliphatic heterocycles. The van der Waals surface area contributed by atoms with Gasteiger partial charge in [0.05, 0.1) is 0 Å². The van der Waals surface area contributed by atoms with Crippen molar-refractivity contribution in [3.63, 3.8) is 0 Å². The average molecular weight is 323 g/mol. The Balaban J connectivity index is 1.88. The van der Waals surface area contributed by atoms with Crippen molar-refractivity contribution in [1.29, 1.82) is 0 Å². The minimum absolute atomic E-state index is 0.255. The highest BCUT2D eigenvalue weighted by atomic mass is 32.2. The number of carbonyl (C=O) groups is 1. The Bertz CT molecular complexity index is 528. The zero-order valence-electron chi connectivity index (χ0n) is 13.3. The van der Waals surface area contributed by atoms with Crippen LogP contribution in [0.15, 0.2) is 24.3 Å². The molecule has 0 spiro atoms. The summed E-state index contributed by atoms with van der Waals surface area (Å²) in [7, 11) is -0.888. The van der Waals surface area contributed by atoms with Gasteiger partial charge >= 0.3 is 6.03 Å². The molecule has 0 aliphatic carbocycles. The number of rotatable bonds is 5. The molecule has 1 heterocycles. The van der Waals surface area contributed by atoms with Crippen LogP contribution < -0.4 is 15.5 Å². The molecule has 1 saturated heterocycles. The van der Waals surface area contributed by atoms with Gasteiger partial charge in [0, 0.05) is 53.8 Å². The number of anilines is 2. The number of nitrogens with one attached hydrogen (secondary N) is 2. The van der Waals surface area contributed by atoms with E-state index in [9.17, 15) is 9.00 Å². The number of carbonyl (C=O) groups excluding carboxylic acids is 1. The van der Waals surface area contributed by atoms with Crippen LogP contribution in [0, 0.1) is 5.92 Å². The van der Waals surface area contributed by atoms with Crippen LogP contribution in [0.2, 0.25) is 0 Å². The van der Waals surface area contributed by atoms with Crippen molar-refractivity contribution in [3.8, 4) is 0 Å². The first-order valence-electron chi connectivity index (χ1n) is 7.74. The maximum atomic E-state index is 11.8. The van der Waals surface area contributed by atoms with E-state index in [2.05, 4.69) is 28.5 Å². The molecule has 1 fully saturated rings. The van der Waals surface area contributed by atoms with Crippen molar-refractivity contribution in [2.75, 3.05) is 41.9 Å². The van der Waals surface area contributed by atoms with Gasteiger partial charge in [-0.1, -0.05) is 13.0 Å². The summed E-state index contributed by atoms with van der Waals surface area (Å²) >= 11 is 0. The van der Waals surface area contributed by atoms with E-state index in [0.29, 0.717) is 12.3 Å². The summed E-state index contributed by atoms with van der Waals surface area (Å²) in [5.41, 5.74) is 1.94. The fourth-order valence-corrected chi connectivity index (χ4v) is 2.92. The van der Waals surface area contributed by atoms with E-state index >= 15 is 0 Å². The van der Waals surface area contributed by atoms with Crippen molar-refractivity contribution in [2.24, 2.45) is 5.92 Å². The van der Waals surface area contributed by atoms with Gasteiger partial charge in [-0.2, -0.15) is 0 Å². The number of piperidine rings is 1. The first-order valence-corrected chi connectivity index (χ1v) is 9.47. The molecule has 6 heteroatoms. The standard InChI is InChI=1S/C16H25N3O2S/c1-13-6-9-19(10-7-13)15-5-3-4-14(12-15)18-16(20)17-8-11-22(2)21/h3-5,12-13H,6-11H2,1-2H3,(H2,17,18,20)/t22-/m0/s1. The molecule has 0 bridgehead atoms. The summed E-state index contributed by atoms with van der Waals surface area (Å²) in [6, 6.07) is 7.68. The van der Waals surface area contributed by atoms with Gasteiger partial charge in [-0.25, -0.2) is 4.79 Å². The number of hydrogen-bond acceptors (Lipinski definition) is 3. The SMILES string of the molecule is CC1CCN(c2cccc(NC(=O)NCC[S@](C)=O)c2)CC1. The van der Waals surface area contributed by atoms with Crippen LogP contribution in [0.3, 0.4) is 0 Å². The van der Waals surface area contributed by atoms with Crippen LogP contribution >= 0.6 is 0 Å². The Hall–Kier alpha value is -1.56. The van der Waals surface area contributed by atoms with Crippen LogP contribution in [0.5, 0.6) is 0 Å². The molecule has 2 rings (SSSR count). The van der Waals surface area contributed by atoms with Crippen LogP contribution in [-0.4, -0.2) is 41.9 Å². The van der Waals surface area contributed by atoms with E-state index in [4.69, 9.17) is 0 Å². The third-order valence-electron chi connectivity index (χ3n) is 3.93. The predicted octanol–water partition coefficient (Wildman–Crippen LogP) is 2.42. The van der Waals surface area contributed by atoms with E-state index in [1.54, 1.807) is 6.26 Å². The normalized spacial score (nSPS) is 17.1. The third-order valence-corrected chi connectivity index (χ3v) is 4.71. The maximum absolute atomic E-state index is 11.8. The van der Waals surface area contributed by atoms with Gasteiger partial charge in [0.2, 0.25) is 0 Å². The minimum Gasteiger partial charge on any atom is -0.371 e. The predicted molar refractivity (Wildman–Crippen MR) is 93.0 cm³/mol. The summed E-state index contributed by atoms with van der Waals surface area (Å²) in [5, 5.41) is 5.54. The Morgan fingerprint density at radius 3 is 2.77 bits per heavy atom. The summed E-state index contributed by atoms with van der Waals surface area (Å²) in [4.78, 5) is 14.2. The first-order chi connectivity index (χ1) is 10.5. The monoisotopic (exact) mass is 323 g/mol. The molecule has 0 aromatic heterocycles. The van der Waals surface area contributed by atoms with Gasteiger partial charge in [0.25, 0.3) is 0 Å². The second-order valence-electron chi connectivity index (χ2n) is 5.88. The largest absolute Gasteiger partial charge is 0.371 e. The topological polar surface area (TPSA) is 61.4 Å². The van der Waals surface area contributed by atoms with Crippen LogP contribution in [0.4, 0.5) is 16.2 Å². The van der Waals surface area contributed by atoms with Gasteiger partial charge in [-0.3, -0.25) is 4.21 Å². The Labute approximate surface area is 134 Å².